The first-order chi connectivity index (χ1) is 9.97. The van der Waals surface area contributed by atoms with Gasteiger partial charge in [-0.1, -0.05) is 0 Å². The highest BCUT2D eigenvalue weighted by Crippen LogP contribution is 2.15. The lowest BCUT2D eigenvalue weighted by Gasteiger charge is -2.12. The van der Waals surface area contributed by atoms with Gasteiger partial charge in [0.2, 0.25) is 0 Å². The molecule has 7 nitrogen and oxygen atoms in total. The van der Waals surface area contributed by atoms with Gasteiger partial charge in [0.15, 0.2) is 0 Å². The number of carbonyl (C=O) groups excluding carboxylic acids is 1. The molecule has 3 N–H and O–H groups in total. The third-order valence-corrected chi connectivity index (χ3v) is 3.06. The Bertz CT molecular complexity index is 625. The molecule has 0 saturated carbocycles. The molecule has 0 unspecified atom stereocenters. The molecular formula is C14H18N4O3. The number of amides is 2. The molecule has 7 heteroatoms. The van der Waals surface area contributed by atoms with Gasteiger partial charge in [0, 0.05) is 11.3 Å². The standard InChI is InChI=1S/C14H18N4O3/c1-8-9(2)16-10(3)17-13(8)18-14(20)15-7-11(19)12-5-4-6-21-12/h4-6,11,19H,7H2,1-3H3,(H2,15,16,17,18,20)/t11-/m1/s1. The van der Waals surface area contributed by atoms with Gasteiger partial charge >= 0.3 is 6.03 Å². The van der Waals surface area contributed by atoms with Crippen LogP contribution in [0.2, 0.25) is 0 Å². The molecule has 0 radical (unpaired) electrons. The van der Waals surface area contributed by atoms with E-state index in [9.17, 15) is 9.90 Å². The summed E-state index contributed by atoms with van der Waals surface area (Å²) < 4.78 is 5.05. The van der Waals surface area contributed by atoms with Crippen LogP contribution in [0.4, 0.5) is 10.6 Å². The van der Waals surface area contributed by atoms with E-state index >= 15 is 0 Å². The van der Waals surface area contributed by atoms with Crippen molar-refractivity contribution in [2.75, 3.05) is 11.9 Å². The highest BCUT2D eigenvalue weighted by molar-refractivity contribution is 5.89. The van der Waals surface area contributed by atoms with Crippen molar-refractivity contribution in [1.82, 2.24) is 15.3 Å². The second kappa shape index (κ2) is 6.36. The Kier molecular flexibility index (Phi) is 4.54. The van der Waals surface area contributed by atoms with Gasteiger partial charge in [-0.2, -0.15) is 0 Å². The van der Waals surface area contributed by atoms with Crippen LogP contribution in [0.1, 0.15) is 28.9 Å². The number of carbonyl (C=O) groups is 1. The van der Waals surface area contributed by atoms with Crippen LogP contribution in [-0.4, -0.2) is 27.7 Å². The maximum absolute atomic E-state index is 11.8. The van der Waals surface area contributed by atoms with Crippen LogP contribution in [0.5, 0.6) is 0 Å². The summed E-state index contributed by atoms with van der Waals surface area (Å²) in [5.74, 6) is 1.45. The van der Waals surface area contributed by atoms with E-state index in [1.165, 1.54) is 6.26 Å². The summed E-state index contributed by atoms with van der Waals surface area (Å²) in [7, 11) is 0. The van der Waals surface area contributed by atoms with Crippen molar-refractivity contribution in [3.63, 3.8) is 0 Å². The number of nitrogens with zero attached hydrogens (tertiary/aromatic N) is 2. The van der Waals surface area contributed by atoms with E-state index in [-0.39, 0.29) is 6.54 Å². The molecule has 2 heterocycles. The number of urea groups is 1. The third kappa shape index (κ3) is 3.79. The summed E-state index contributed by atoms with van der Waals surface area (Å²) in [6.07, 6.45) is 0.578. The number of anilines is 1. The summed E-state index contributed by atoms with van der Waals surface area (Å²) in [4.78, 5) is 20.2. The molecule has 1 atom stereocenters. The fourth-order valence-corrected chi connectivity index (χ4v) is 1.81. The number of furan rings is 1. The van der Waals surface area contributed by atoms with Crippen LogP contribution in [0, 0.1) is 20.8 Å². The molecule has 2 amide bonds. The average Bonchev–Trinajstić information content (AvgIpc) is 2.95. The summed E-state index contributed by atoms with van der Waals surface area (Å²) in [6.45, 7) is 5.49. The van der Waals surface area contributed by atoms with E-state index in [0.29, 0.717) is 17.4 Å². The topological polar surface area (TPSA) is 100 Å². The van der Waals surface area contributed by atoms with Crippen molar-refractivity contribution in [3.8, 4) is 0 Å². The van der Waals surface area contributed by atoms with Crippen LogP contribution in [-0.2, 0) is 0 Å². The molecule has 112 valence electrons. The molecule has 0 saturated heterocycles. The van der Waals surface area contributed by atoms with E-state index in [1.54, 1.807) is 19.1 Å². The van der Waals surface area contributed by atoms with Crippen molar-refractivity contribution in [2.45, 2.75) is 26.9 Å². The molecule has 2 aromatic rings. The highest BCUT2D eigenvalue weighted by atomic mass is 16.4. The van der Waals surface area contributed by atoms with E-state index in [4.69, 9.17) is 4.42 Å². The lowest BCUT2D eigenvalue weighted by atomic mass is 10.2. The quantitative estimate of drug-likeness (QED) is 0.798. The maximum atomic E-state index is 11.8. The zero-order chi connectivity index (χ0) is 15.4. The van der Waals surface area contributed by atoms with Crippen molar-refractivity contribution in [3.05, 3.63) is 41.2 Å². The molecule has 0 fully saturated rings. The molecule has 0 aromatic carbocycles. The first-order valence-corrected chi connectivity index (χ1v) is 6.55. The fourth-order valence-electron chi connectivity index (χ4n) is 1.81. The zero-order valence-corrected chi connectivity index (χ0v) is 12.2. The van der Waals surface area contributed by atoms with Crippen LogP contribution in [0.25, 0.3) is 0 Å². The Hall–Kier alpha value is -2.41. The van der Waals surface area contributed by atoms with Crippen LogP contribution >= 0.6 is 0 Å². The molecular weight excluding hydrogens is 272 g/mol. The third-order valence-electron chi connectivity index (χ3n) is 3.06. The lowest BCUT2D eigenvalue weighted by Crippen LogP contribution is -2.33. The molecule has 0 aliphatic rings. The van der Waals surface area contributed by atoms with Crippen molar-refractivity contribution >= 4 is 11.8 Å². The predicted octanol–water partition coefficient (Wildman–Crippen LogP) is 1.85. The van der Waals surface area contributed by atoms with Gasteiger partial charge in [-0.05, 0) is 32.9 Å². The van der Waals surface area contributed by atoms with Crippen LogP contribution < -0.4 is 10.6 Å². The molecule has 0 aliphatic heterocycles. The van der Waals surface area contributed by atoms with Gasteiger partial charge < -0.3 is 14.8 Å². The summed E-state index contributed by atoms with van der Waals surface area (Å²) in [5.41, 5.74) is 1.62. The van der Waals surface area contributed by atoms with Crippen molar-refractivity contribution < 1.29 is 14.3 Å². The number of aliphatic hydroxyl groups is 1. The minimum absolute atomic E-state index is 0.0431. The highest BCUT2D eigenvalue weighted by Gasteiger charge is 2.13. The normalized spacial score (nSPS) is 12.0. The Morgan fingerprint density at radius 3 is 2.81 bits per heavy atom. The Labute approximate surface area is 122 Å². The maximum Gasteiger partial charge on any atom is 0.320 e. The second-order valence-electron chi connectivity index (χ2n) is 4.70. The number of hydrogen-bond donors (Lipinski definition) is 3. The van der Waals surface area contributed by atoms with Gasteiger partial charge in [0.25, 0.3) is 0 Å². The number of nitrogens with one attached hydrogen (secondary N) is 2. The molecule has 21 heavy (non-hydrogen) atoms. The lowest BCUT2D eigenvalue weighted by molar-refractivity contribution is 0.149. The van der Waals surface area contributed by atoms with Gasteiger partial charge in [-0.3, -0.25) is 5.32 Å². The first-order valence-electron chi connectivity index (χ1n) is 6.55. The number of aliphatic hydroxyl groups excluding tert-OH is 1. The summed E-state index contributed by atoms with van der Waals surface area (Å²) >= 11 is 0. The van der Waals surface area contributed by atoms with Crippen LogP contribution in [0.15, 0.2) is 22.8 Å². The van der Waals surface area contributed by atoms with Gasteiger partial charge in [-0.25, -0.2) is 14.8 Å². The Morgan fingerprint density at radius 1 is 1.38 bits per heavy atom. The number of hydrogen-bond acceptors (Lipinski definition) is 5. The van der Waals surface area contributed by atoms with E-state index in [0.717, 1.165) is 11.3 Å². The first kappa shape index (κ1) is 15.0. The number of rotatable bonds is 4. The number of aryl methyl sites for hydroxylation is 2. The predicted molar refractivity (Wildman–Crippen MR) is 76.9 cm³/mol. The SMILES string of the molecule is Cc1nc(C)c(C)c(NC(=O)NC[C@@H](O)c2ccco2)n1. The molecule has 0 spiro atoms. The summed E-state index contributed by atoms with van der Waals surface area (Å²) in [5, 5.41) is 15.0. The fraction of sp³-hybridized carbons (Fsp3) is 0.357. The van der Waals surface area contributed by atoms with Gasteiger partial charge in [0.05, 0.1) is 12.8 Å². The molecule has 0 bridgehead atoms. The molecule has 2 aromatic heterocycles. The van der Waals surface area contributed by atoms with Crippen molar-refractivity contribution in [2.24, 2.45) is 0 Å². The second-order valence-corrected chi connectivity index (χ2v) is 4.70. The molecule has 0 aliphatic carbocycles. The van der Waals surface area contributed by atoms with Crippen LogP contribution in [0.3, 0.4) is 0 Å². The van der Waals surface area contributed by atoms with E-state index < -0.39 is 12.1 Å². The Balaban J connectivity index is 1.93. The zero-order valence-electron chi connectivity index (χ0n) is 12.2. The summed E-state index contributed by atoms with van der Waals surface area (Å²) in [6, 6.07) is 2.88. The van der Waals surface area contributed by atoms with E-state index in [2.05, 4.69) is 20.6 Å². The smallest absolute Gasteiger partial charge is 0.320 e. The molecule has 2 rings (SSSR count). The van der Waals surface area contributed by atoms with Gasteiger partial charge in [-0.15, -0.1) is 0 Å². The minimum Gasteiger partial charge on any atom is -0.467 e. The number of aromatic nitrogens is 2. The monoisotopic (exact) mass is 290 g/mol. The van der Waals surface area contributed by atoms with Crippen molar-refractivity contribution in [1.29, 1.82) is 0 Å². The van der Waals surface area contributed by atoms with Gasteiger partial charge in [0.1, 0.15) is 23.5 Å². The Morgan fingerprint density at radius 2 is 2.14 bits per heavy atom. The largest absolute Gasteiger partial charge is 0.467 e. The minimum atomic E-state index is -0.888. The average molecular weight is 290 g/mol. The van der Waals surface area contributed by atoms with E-state index in [1.807, 2.05) is 13.8 Å².